The largest absolute Gasteiger partial charge is 0.305 e. The molecule has 0 aromatic heterocycles. The summed E-state index contributed by atoms with van der Waals surface area (Å²) in [4.78, 5) is 4.91. The number of likely N-dealkylation sites (N-methyl/N-ethyl adjacent to an activating group) is 1. The van der Waals surface area contributed by atoms with Crippen molar-refractivity contribution in [2.75, 3.05) is 20.6 Å². The molecule has 3 rings (SSSR count). The van der Waals surface area contributed by atoms with Crippen LogP contribution in [0.1, 0.15) is 29.2 Å². The number of benzene rings is 2. The Morgan fingerprint density at radius 2 is 1.26 bits per heavy atom. The minimum Gasteiger partial charge on any atom is -0.305 e. The highest BCUT2D eigenvalue weighted by Crippen LogP contribution is 2.22. The Morgan fingerprint density at radius 1 is 0.826 bits per heavy atom. The zero-order valence-electron chi connectivity index (χ0n) is 14.6. The molecule has 0 bridgehead atoms. The molecule has 2 nitrogen and oxygen atoms in total. The highest BCUT2D eigenvalue weighted by atomic mass is 15.2. The van der Waals surface area contributed by atoms with Crippen LogP contribution in [0.2, 0.25) is 0 Å². The smallest absolute Gasteiger partial charge is 0.0240 e. The van der Waals surface area contributed by atoms with Gasteiger partial charge in [0.1, 0.15) is 0 Å². The van der Waals surface area contributed by atoms with Crippen molar-refractivity contribution in [3.05, 3.63) is 70.8 Å². The maximum Gasteiger partial charge on any atom is 0.0240 e. The number of fused-ring (bicyclic) bond motifs is 2. The molecular weight excluding hydrogens is 280 g/mol. The molecule has 1 unspecified atom stereocenters. The minimum atomic E-state index is 0.551. The van der Waals surface area contributed by atoms with Crippen LogP contribution in [0.25, 0.3) is 0 Å². The van der Waals surface area contributed by atoms with Crippen LogP contribution in [-0.4, -0.2) is 36.5 Å². The Hall–Kier alpha value is -1.64. The quantitative estimate of drug-likeness (QED) is 0.852. The van der Waals surface area contributed by atoms with Gasteiger partial charge in [-0.25, -0.2) is 0 Å². The zero-order valence-corrected chi connectivity index (χ0v) is 14.6. The van der Waals surface area contributed by atoms with E-state index in [4.69, 9.17) is 0 Å². The fourth-order valence-corrected chi connectivity index (χ4v) is 3.38. The van der Waals surface area contributed by atoms with E-state index in [1.54, 1.807) is 0 Å². The molecule has 1 heterocycles. The fraction of sp³-hybridized carbons (Fsp3) is 0.429. The molecule has 1 atom stereocenters. The highest BCUT2D eigenvalue weighted by Gasteiger charge is 2.17. The molecule has 0 fully saturated rings. The third kappa shape index (κ3) is 4.01. The molecule has 0 N–H and O–H groups in total. The van der Waals surface area contributed by atoms with Gasteiger partial charge < -0.3 is 4.90 Å². The van der Waals surface area contributed by atoms with Gasteiger partial charge in [-0.15, -0.1) is 0 Å². The molecule has 0 spiro atoms. The van der Waals surface area contributed by atoms with Crippen LogP contribution < -0.4 is 0 Å². The molecule has 2 aromatic carbocycles. The van der Waals surface area contributed by atoms with Crippen LogP contribution in [0.3, 0.4) is 0 Å². The average Bonchev–Trinajstić information content (AvgIpc) is 2.61. The van der Waals surface area contributed by atoms with Gasteiger partial charge in [0.25, 0.3) is 0 Å². The standard InChI is InChI=1S/C21H28N2/c1-17(22(2)3)14-23-15-20-10-6-4-8-18(20)12-13-19-9-5-7-11-21(19)16-23/h4-11,17H,12-16H2,1-3H3. The number of aryl methyl sites for hydroxylation is 2. The Labute approximate surface area is 140 Å². The highest BCUT2D eigenvalue weighted by molar-refractivity contribution is 5.33. The lowest BCUT2D eigenvalue weighted by atomic mass is 9.98. The molecule has 0 amide bonds. The van der Waals surface area contributed by atoms with Crippen molar-refractivity contribution in [2.45, 2.75) is 38.9 Å². The van der Waals surface area contributed by atoms with Crippen molar-refractivity contribution in [2.24, 2.45) is 0 Å². The van der Waals surface area contributed by atoms with E-state index in [-0.39, 0.29) is 0 Å². The number of rotatable bonds is 3. The fourth-order valence-electron chi connectivity index (χ4n) is 3.38. The van der Waals surface area contributed by atoms with Gasteiger partial charge in [-0.1, -0.05) is 48.5 Å². The van der Waals surface area contributed by atoms with E-state index >= 15 is 0 Å². The van der Waals surface area contributed by atoms with Gasteiger partial charge in [0.15, 0.2) is 0 Å². The first-order chi connectivity index (χ1) is 11.1. The lowest BCUT2D eigenvalue weighted by Crippen LogP contribution is -2.38. The second-order valence-electron chi connectivity index (χ2n) is 7.02. The number of hydrogen-bond donors (Lipinski definition) is 0. The van der Waals surface area contributed by atoms with Gasteiger partial charge >= 0.3 is 0 Å². The van der Waals surface area contributed by atoms with Crippen LogP contribution in [0, 0.1) is 0 Å². The zero-order chi connectivity index (χ0) is 16.2. The van der Waals surface area contributed by atoms with E-state index in [9.17, 15) is 0 Å². The molecule has 1 aliphatic heterocycles. The minimum absolute atomic E-state index is 0.551. The summed E-state index contributed by atoms with van der Waals surface area (Å²) in [5.74, 6) is 0. The van der Waals surface area contributed by atoms with Crippen LogP contribution in [0.5, 0.6) is 0 Å². The van der Waals surface area contributed by atoms with Crippen molar-refractivity contribution in [1.29, 1.82) is 0 Å². The van der Waals surface area contributed by atoms with Crippen LogP contribution in [0.4, 0.5) is 0 Å². The summed E-state index contributed by atoms with van der Waals surface area (Å²) in [6.45, 7) is 5.49. The molecule has 0 saturated carbocycles. The Kier molecular flexibility index (Phi) is 5.14. The van der Waals surface area contributed by atoms with Crippen molar-refractivity contribution < 1.29 is 0 Å². The van der Waals surface area contributed by atoms with Crippen LogP contribution in [-0.2, 0) is 25.9 Å². The van der Waals surface area contributed by atoms with E-state index in [1.807, 2.05) is 0 Å². The third-order valence-electron chi connectivity index (χ3n) is 5.09. The van der Waals surface area contributed by atoms with E-state index in [1.165, 1.54) is 22.3 Å². The number of hydrogen-bond acceptors (Lipinski definition) is 2. The topological polar surface area (TPSA) is 6.48 Å². The summed E-state index contributed by atoms with van der Waals surface area (Å²) in [5.41, 5.74) is 6.00. The van der Waals surface area contributed by atoms with Gasteiger partial charge in [0.2, 0.25) is 0 Å². The van der Waals surface area contributed by atoms with Crippen molar-refractivity contribution in [3.63, 3.8) is 0 Å². The lowest BCUT2D eigenvalue weighted by Gasteiger charge is -2.29. The summed E-state index contributed by atoms with van der Waals surface area (Å²) in [6.07, 6.45) is 2.29. The lowest BCUT2D eigenvalue weighted by molar-refractivity contribution is 0.180. The van der Waals surface area contributed by atoms with Gasteiger partial charge in [-0.3, -0.25) is 4.90 Å². The Bertz CT molecular complexity index is 598. The Balaban J connectivity index is 1.92. The first-order valence-corrected chi connectivity index (χ1v) is 8.66. The van der Waals surface area contributed by atoms with Gasteiger partial charge in [-0.2, -0.15) is 0 Å². The van der Waals surface area contributed by atoms with Crippen molar-refractivity contribution in [3.8, 4) is 0 Å². The monoisotopic (exact) mass is 308 g/mol. The normalized spacial score (nSPS) is 16.9. The first kappa shape index (κ1) is 16.2. The van der Waals surface area contributed by atoms with Crippen LogP contribution >= 0.6 is 0 Å². The van der Waals surface area contributed by atoms with Gasteiger partial charge in [-0.05, 0) is 56.1 Å². The van der Waals surface area contributed by atoms with Gasteiger partial charge in [0.05, 0.1) is 0 Å². The molecule has 0 saturated heterocycles. The SMILES string of the molecule is CC(CN1Cc2ccccc2CCc2ccccc2C1)N(C)C. The van der Waals surface area contributed by atoms with Crippen LogP contribution in [0.15, 0.2) is 48.5 Å². The third-order valence-corrected chi connectivity index (χ3v) is 5.09. The van der Waals surface area contributed by atoms with Gasteiger partial charge in [0, 0.05) is 25.7 Å². The Morgan fingerprint density at radius 3 is 1.70 bits per heavy atom. The summed E-state index contributed by atoms with van der Waals surface area (Å²) in [5, 5.41) is 0. The van der Waals surface area contributed by atoms with E-state index in [2.05, 4.69) is 79.3 Å². The van der Waals surface area contributed by atoms with E-state index in [0.29, 0.717) is 6.04 Å². The maximum atomic E-state index is 2.60. The second kappa shape index (κ2) is 7.29. The molecule has 2 aromatic rings. The number of nitrogens with zero attached hydrogens (tertiary/aromatic N) is 2. The molecule has 23 heavy (non-hydrogen) atoms. The molecule has 122 valence electrons. The summed E-state index contributed by atoms with van der Waals surface area (Å²) < 4.78 is 0. The molecule has 1 aliphatic rings. The van der Waals surface area contributed by atoms with Crippen molar-refractivity contribution in [1.82, 2.24) is 9.80 Å². The summed E-state index contributed by atoms with van der Waals surface area (Å²) in [7, 11) is 4.34. The predicted molar refractivity (Wildman–Crippen MR) is 97.6 cm³/mol. The summed E-state index contributed by atoms with van der Waals surface area (Å²) >= 11 is 0. The van der Waals surface area contributed by atoms with E-state index < -0.39 is 0 Å². The summed E-state index contributed by atoms with van der Waals surface area (Å²) in [6, 6.07) is 18.5. The van der Waals surface area contributed by atoms with Crippen molar-refractivity contribution >= 4 is 0 Å². The maximum absolute atomic E-state index is 2.60. The average molecular weight is 308 g/mol. The molecular formula is C21H28N2. The second-order valence-corrected chi connectivity index (χ2v) is 7.02. The predicted octanol–water partition coefficient (Wildman–Crippen LogP) is 3.74. The molecule has 0 aliphatic carbocycles. The first-order valence-electron chi connectivity index (χ1n) is 8.66. The molecule has 2 heteroatoms. The molecule has 0 radical (unpaired) electrons. The van der Waals surface area contributed by atoms with E-state index in [0.717, 1.165) is 32.5 Å².